The first-order valence-electron chi connectivity index (χ1n) is 8.78. The zero-order valence-corrected chi connectivity index (χ0v) is 14.3. The van der Waals surface area contributed by atoms with Crippen molar-refractivity contribution in [1.82, 2.24) is 9.80 Å². The molecule has 2 saturated heterocycles. The van der Waals surface area contributed by atoms with E-state index in [-0.39, 0.29) is 29.7 Å². The van der Waals surface area contributed by atoms with Gasteiger partial charge in [0.2, 0.25) is 11.8 Å². The summed E-state index contributed by atoms with van der Waals surface area (Å²) in [5.41, 5.74) is 2.43. The van der Waals surface area contributed by atoms with E-state index in [9.17, 15) is 9.59 Å². The lowest BCUT2D eigenvalue weighted by molar-refractivity contribution is -0.139. The van der Waals surface area contributed by atoms with Crippen LogP contribution >= 0.6 is 0 Å². The maximum Gasteiger partial charge on any atom is 0.234 e. The SMILES string of the molecule is CN1C(=O)[C@H]2[C@@H](Cc3ccccc3)N(Cc3ccccc3)C[C@H]2C1=O. The second-order valence-corrected chi connectivity index (χ2v) is 7.04. The van der Waals surface area contributed by atoms with Crippen molar-refractivity contribution in [3.05, 3.63) is 71.8 Å². The van der Waals surface area contributed by atoms with Crippen molar-refractivity contribution < 1.29 is 9.59 Å². The molecule has 0 aromatic heterocycles. The summed E-state index contributed by atoms with van der Waals surface area (Å²) in [5, 5.41) is 0. The monoisotopic (exact) mass is 334 g/mol. The average molecular weight is 334 g/mol. The summed E-state index contributed by atoms with van der Waals surface area (Å²) in [7, 11) is 1.62. The van der Waals surface area contributed by atoms with E-state index in [2.05, 4.69) is 29.2 Å². The van der Waals surface area contributed by atoms with Gasteiger partial charge in [-0.25, -0.2) is 0 Å². The molecule has 0 spiro atoms. The molecule has 25 heavy (non-hydrogen) atoms. The van der Waals surface area contributed by atoms with Gasteiger partial charge in [0.05, 0.1) is 11.8 Å². The van der Waals surface area contributed by atoms with Gasteiger partial charge in [0.25, 0.3) is 0 Å². The van der Waals surface area contributed by atoms with Crippen molar-refractivity contribution in [2.75, 3.05) is 13.6 Å². The molecule has 2 fully saturated rings. The second kappa shape index (κ2) is 6.45. The fourth-order valence-corrected chi connectivity index (χ4v) is 4.26. The van der Waals surface area contributed by atoms with E-state index in [1.165, 1.54) is 16.0 Å². The Morgan fingerprint density at radius 3 is 2.12 bits per heavy atom. The summed E-state index contributed by atoms with van der Waals surface area (Å²) in [6.07, 6.45) is 0.793. The minimum absolute atomic E-state index is 0.0218. The van der Waals surface area contributed by atoms with Gasteiger partial charge in [-0.3, -0.25) is 19.4 Å². The summed E-state index contributed by atoms with van der Waals surface area (Å²) >= 11 is 0. The Kier molecular flexibility index (Phi) is 4.14. The zero-order valence-electron chi connectivity index (χ0n) is 14.3. The van der Waals surface area contributed by atoms with Crippen LogP contribution in [0.4, 0.5) is 0 Å². The van der Waals surface area contributed by atoms with Crippen LogP contribution in [-0.2, 0) is 22.6 Å². The molecule has 2 amide bonds. The fraction of sp³-hybridized carbons (Fsp3) is 0.333. The molecular formula is C21H22N2O2. The maximum absolute atomic E-state index is 12.7. The number of benzene rings is 2. The molecule has 2 aliphatic rings. The van der Waals surface area contributed by atoms with Crippen molar-refractivity contribution in [2.24, 2.45) is 11.8 Å². The zero-order chi connectivity index (χ0) is 17.4. The summed E-state index contributed by atoms with van der Waals surface area (Å²) in [6, 6.07) is 20.6. The number of likely N-dealkylation sites (tertiary alicyclic amines) is 2. The molecule has 0 saturated carbocycles. The molecule has 2 aliphatic heterocycles. The molecule has 2 aromatic carbocycles. The second-order valence-electron chi connectivity index (χ2n) is 7.04. The van der Waals surface area contributed by atoms with Gasteiger partial charge < -0.3 is 0 Å². The number of hydrogen-bond acceptors (Lipinski definition) is 3. The Bertz CT molecular complexity index is 775. The highest BCUT2D eigenvalue weighted by molar-refractivity contribution is 6.05. The summed E-state index contributed by atoms with van der Waals surface area (Å²) in [5.74, 6) is -0.466. The topological polar surface area (TPSA) is 40.6 Å². The molecule has 0 N–H and O–H groups in total. The maximum atomic E-state index is 12.7. The molecule has 2 heterocycles. The van der Waals surface area contributed by atoms with Gasteiger partial charge in [-0.15, -0.1) is 0 Å². The van der Waals surface area contributed by atoms with E-state index in [1.54, 1.807) is 7.05 Å². The summed E-state index contributed by atoms with van der Waals surface area (Å²) in [4.78, 5) is 28.8. The Morgan fingerprint density at radius 2 is 1.48 bits per heavy atom. The van der Waals surface area contributed by atoms with Crippen molar-refractivity contribution >= 4 is 11.8 Å². The molecule has 4 heteroatoms. The fourth-order valence-electron chi connectivity index (χ4n) is 4.26. The van der Waals surface area contributed by atoms with Crippen LogP contribution in [0.25, 0.3) is 0 Å². The number of carbonyl (C=O) groups is 2. The Labute approximate surface area is 148 Å². The molecule has 4 rings (SSSR count). The van der Waals surface area contributed by atoms with Crippen LogP contribution in [0.1, 0.15) is 11.1 Å². The number of carbonyl (C=O) groups excluding carboxylic acids is 2. The number of nitrogens with zero attached hydrogens (tertiary/aromatic N) is 2. The van der Waals surface area contributed by atoms with Gasteiger partial charge in [-0.1, -0.05) is 60.7 Å². The summed E-state index contributed by atoms with van der Waals surface area (Å²) < 4.78 is 0. The predicted octanol–water partition coefficient (Wildman–Crippen LogP) is 2.34. The lowest BCUT2D eigenvalue weighted by Crippen LogP contribution is -2.40. The molecular weight excluding hydrogens is 312 g/mol. The minimum atomic E-state index is -0.221. The van der Waals surface area contributed by atoms with Crippen molar-refractivity contribution in [3.63, 3.8) is 0 Å². The third-order valence-electron chi connectivity index (χ3n) is 5.53. The highest BCUT2D eigenvalue weighted by Crippen LogP contribution is 2.39. The van der Waals surface area contributed by atoms with Gasteiger partial charge in [0.1, 0.15) is 0 Å². The first-order valence-corrected chi connectivity index (χ1v) is 8.78. The molecule has 0 aliphatic carbocycles. The van der Waals surface area contributed by atoms with E-state index in [0.29, 0.717) is 6.54 Å². The van der Waals surface area contributed by atoms with Crippen molar-refractivity contribution in [3.8, 4) is 0 Å². The Hall–Kier alpha value is -2.46. The molecule has 128 valence electrons. The van der Waals surface area contributed by atoms with Gasteiger partial charge in [-0.2, -0.15) is 0 Å². The van der Waals surface area contributed by atoms with Crippen molar-refractivity contribution in [1.29, 1.82) is 0 Å². The lowest BCUT2D eigenvalue weighted by Gasteiger charge is -2.28. The third kappa shape index (κ3) is 2.87. The van der Waals surface area contributed by atoms with E-state index < -0.39 is 0 Å². The Morgan fingerprint density at radius 1 is 0.880 bits per heavy atom. The van der Waals surface area contributed by atoms with Crippen LogP contribution in [0.5, 0.6) is 0 Å². The molecule has 0 unspecified atom stereocenters. The van der Waals surface area contributed by atoms with Crippen LogP contribution in [0.2, 0.25) is 0 Å². The number of fused-ring (bicyclic) bond motifs is 1. The largest absolute Gasteiger partial charge is 0.294 e. The van der Waals surface area contributed by atoms with E-state index in [0.717, 1.165) is 13.0 Å². The quantitative estimate of drug-likeness (QED) is 0.806. The smallest absolute Gasteiger partial charge is 0.234 e. The highest BCUT2D eigenvalue weighted by Gasteiger charge is 2.55. The van der Waals surface area contributed by atoms with Crippen molar-refractivity contribution in [2.45, 2.75) is 19.0 Å². The first kappa shape index (κ1) is 16.0. The number of amides is 2. The third-order valence-corrected chi connectivity index (χ3v) is 5.53. The molecule has 0 radical (unpaired) electrons. The number of rotatable bonds is 4. The number of hydrogen-bond donors (Lipinski definition) is 0. The van der Waals surface area contributed by atoms with Crippen LogP contribution < -0.4 is 0 Å². The van der Waals surface area contributed by atoms with Crippen LogP contribution in [0.3, 0.4) is 0 Å². The van der Waals surface area contributed by atoms with Gasteiger partial charge in [0, 0.05) is 26.2 Å². The molecule has 3 atom stereocenters. The van der Waals surface area contributed by atoms with Gasteiger partial charge in [-0.05, 0) is 17.5 Å². The minimum Gasteiger partial charge on any atom is -0.294 e. The van der Waals surface area contributed by atoms with Crippen LogP contribution in [-0.4, -0.2) is 41.2 Å². The van der Waals surface area contributed by atoms with E-state index >= 15 is 0 Å². The van der Waals surface area contributed by atoms with E-state index in [4.69, 9.17) is 0 Å². The van der Waals surface area contributed by atoms with Gasteiger partial charge in [0.15, 0.2) is 0 Å². The molecule has 0 bridgehead atoms. The molecule has 4 nitrogen and oxygen atoms in total. The average Bonchev–Trinajstić information content (AvgIpc) is 3.08. The number of imide groups is 1. The predicted molar refractivity (Wildman–Crippen MR) is 95.5 cm³/mol. The van der Waals surface area contributed by atoms with Crippen LogP contribution in [0.15, 0.2) is 60.7 Å². The van der Waals surface area contributed by atoms with Crippen LogP contribution in [0, 0.1) is 11.8 Å². The Balaban J connectivity index is 1.63. The van der Waals surface area contributed by atoms with Gasteiger partial charge >= 0.3 is 0 Å². The lowest BCUT2D eigenvalue weighted by atomic mass is 9.89. The normalized spacial score (nSPS) is 26.3. The summed E-state index contributed by atoms with van der Waals surface area (Å²) in [6.45, 7) is 1.43. The first-order chi connectivity index (χ1) is 12.1. The standard InChI is InChI=1S/C21H22N2O2/c1-22-20(24)17-14-23(13-16-10-6-3-7-11-16)18(19(17)21(22)25)12-15-8-4-2-5-9-15/h2-11,17-19H,12-14H2,1H3/t17-,18-,19-/m1/s1. The molecule has 2 aromatic rings. The highest BCUT2D eigenvalue weighted by atomic mass is 16.2. The van der Waals surface area contributed by atoms with E-state index in [1.807, 2.05) is 36.4 Å².